The van der Waals surface area contributed by atoms with Crippen LogP contribution in [-0.4, -0.2) is 11.5 Å². The number of hydrogen-bond donors (Lipinski definition) is 0. The van der Waals surface area contributed by atoms with Crippen molar-refractivity contribution in [3.8, 4) is 12.1 Å². The number of nitrogens with zero attached hydrogens (tertiary/aromatic N) is 4. The van der Waals surface area contributed by atoms with Gasteiger partial charge in [-0.25, -0.2) is 0 Å². The average Bonchev–Trinajstić information content (AvgIpc) is 2.52. The van der Waals surface area contributed by atoms with Crippen molar-refractivity contribution in [3.63, 3.8) is 0 Å². The van der Waals surface area contributed by atoms with Crippen LogP contribution in [-0.2, 0) is 6.54 Å². The van der Waals surface area contributed by atoms with E-state index in [9.17, 15) is 5.26 Å². The summed E-state index contributed by atoms with van der Waals surface area (Å²) < 4.78 is 0. The molecule has 0 fully saturated rings. The Hall–Kier alpha value is -2.85. The van der Waals surface area contributed by atoms with E-state index >= 15 is 0 Å². The first kappa shape index (κ1) is 13.6. The van der Waals surface area contributed by atoms with E-state index in [-0.39, 0.29) is 0 Å². The van der Waals surface area contributed by atoms with Gasteiger partial charge >= 0.3 is 0 Å². The van der Waals surface area contributed by atoms with Crippen molar-refractivity contribution >= 4 is 5.69 Å². The van der Waals surface area contributed by atoms with Crippen LogP contribution in [0.3, 0.4) is 0 Å². The van der Waals surface area contributed by atoms with Crippen LogP contribution >= 0.6 is 0 Å². The van der Waals surface area contributed by atoms with Gasteiger partial charge in [0.05, 0.1) is 23.7 Å². The van der Waals surface area contributed by atoms with E-state index in [0.29, 0.717) is 25.1 Å². The maximum Gasteiger partial charge on any atom is 0.101 e. The van der Waals surface area contributed by atoms with Gasteiger partial charge in [-0.15, -0.1) is 0 Å². The Balaban J connectivity index is 2.28. The predicted molar refractivity (Wildman–Crippen MR) is 76.7 cm³/mol. The molecule has 0 spiro atoms. The van der Waals surface area contributed by atoms with Crippen molar-refractivity contribution in [2.45, 2.75) is 13.0 Å². The lowest BCUT2D eigenvalue weighted by atomic mass is 10.1. The number of pyridine rings is 1. The number of rotatable bonds is 5. The maximum atomic E-state index is 9.20. The van der Waals surface area contributed by atoms with E-state index < -0.39 is 0 Å². The summed E-state index contributed by atoms with van der Waals surface area (Å²) in [5.41, 5.74) is 2.53. The molecule has 4 nitrogen and oxygen atoms in total. The molecule has 0 aliphatic rings. The van der Waals surface area contributed by atoms with E-state index in [1.165, 1.54) is 0 Å². The van der Waals surface area contributed by atoms with Crippen molar-refractivity contribution < 1.29 is 0 Å². The standard InChI is InChI=1S/C16H14N4/c17-8-4-10-20(13-14-5-3-9-19-12-14)16-7-2-1-6-15(16)11-18/h1-3,5-7,9,12H,4,10,13H2. The van der Waals surface area contributed by atoms with Crippen LogP contribution in [0.15, 0.2) is 48.8 Å². The summed E-state index contributed by atoms with van der Waals surface area (Å²) in [6.07, 6.45) is 3.95. The summed E-state index contributed by atoms with van der Waals surface area (Å²) in [4.78, 5) is 6.14. The van der Waals surface area contributed by atoms with Crippen molar-refractivity contribution in [1.82, 2.24) is 4.98 Å². The third-order valence-electron chi connectivity index (χ3n) is 2.95. The first-order valence-electron chi connectivity index (χ1n) is 6.35. The van der Waals surface area contributed by atoms with Crippen LogP contribution in [0.5, 0.6) is 0 Å². The Bertz CT molecular complexity index is 638. The number of para-hydroxylation sites is 1. The van der Waals surface area contributed by atoms with E-state index in [0.717, 1.165) is 11.3 Å². The Morgan fingerprint density at radius 1 is 1.10 bits per heavy atom. The van der Waals surface area contributed by atoms with Gasteiger partial charge in [0, 0.05) is 25.5 Å². The molecule has 0 radical (unpaired) electrons. The molecule has 0 aliphatic carbocycles. The lowest BCUT2D eigenvalue weighted by Crippen LogP contribution is -2.24. The molecule has 1 aromatic heterocycles. The quantitative estimate of drug-likeness (QED) is 0.831. The average molecular weight is 262 g/mol. The lowest BCUT2D eigenvalue weighted by molar-refractivity contribution is 0.794. The molecule has 2 aromatic rings. The fourth-order valence-corrected chi connectivity index (χ4v) is 2.03. The number of aromatic nitrogens is 1. The van der Waals surface area contributed by atoms with Crippen molar-refractivity contribution in [1.29, 1.82) is 10.5 Å². The SMILES string of the molecule is N#CCCN(Cc1cccnc1)c1ccccc1C#N. The van der Waals surface area contributed by atoms with Crippen LogP contribution in [0.4, 0.5) is 5.69 Å². The largest absolute Gasteiger partial charge is 0.365 e. The first-order valence-corrected chi connectivity index (χ1v) is 6.35. The third-order valence-corrected chi connectivity index (χ3v) is 2.95. The van der Waals surface area contributed by atoms with Gasteiger partial charge < -0.3 is 4.90 Å². The number of hydrogen-bond acceptors (Lipinski definition) is 4. The highest BCUT2D eigenvalue weighted by atomic mass is 15.1. The molecule has 0 amide bonds. The lowest BCUT2D eigenvalue weighted by Gasteiger charge is -2.24. The van der Waals surface area contributed by atoms with Crippen LogP contribution in [0, 0.1) is 22.7 Å². The Morgan fingerprint density at radius 2 is 1.95 bits per heavy atom. The maximum absolute atomic E-state index is 9.20. The van der Waals surface area contributed by atoms with Gasteiger partial charge in [-0.1, -0.05) is 18.2 Å². The fraction of sp³-hybridized carbons (Fsp3) is 0.188. The molecule has 4 heteroatoms. The van der Waals surface area contributed by atoms with Gasteiger partial charge in [0.15, 0.2) is 0 Å². The zero-order chi connectivity index (χ0) is 14.2. The normalized spacial score (nSPS) is 9.50. The summed E-state index contributed by atoms with van der Waals surface area (Å²) in [6, 6.07) is 15.7. The Kier molecular flexibility index (Phi) is 4.70. The van der Waals surface area contributed by atoms with Gasteiger partial charge in [-0.05, 0) is 23.8 Å². The van der Waals surface area contributed by atoms with Crippen LogP contribution < -0.4 is 4.90 Å². The molecular weight excluding hydrogens is 248 g/mol. The molecule has 0 saturated carbocycles. The van der Waals surface area contributed by atoms with E-state index in [4.69, 9.17) is 5.26 Å². The molecule has 0 bridgehead atoms. The van der Waals surface area contributed by atoms with Crippen molar-refractivity contribution in [2.75, 3.05) is 11.4 Å². The number of nitriles is 2. The molecule has 0 unspecified atom stereocenters. The van der Waals surface area contributed by atoms with Crippen molar-refractivity contribution in [2.24, 2.45) is 0 Å². The summed E-state index contributed by atoms with van der Waals surface area (Å²) in [6.45, 7) is 1.22. The third kappa shape index (κ3) is 3.34. The van der Waals surface area contributed by atoms with Crippen LogP contribution in [0.1, 0.15) is 17.5 Å². The van der Waals surface area contributed by atoms with Gasteiger partial charge in [-0.3, -0.25) is 4.98 Å². The van der Waals surface area contributed by atoms with Gasteiger partial charge in [-0.2, -0.15) is 10.5 Å². The first-order chi connectivity index (χ1) is 9.85. The zero-order valence-electron chi connectivity index (χ0n) is 11.0. The molecule has 1 aromatic carbocycles. The zero-order valence-corrected chi connectivity index (χ0v) is 11.0. The smallest absolute Gasteiger partial charge is 0.101 e. The molecule has 1 heterocycles. The van der Waals surface area contributed by atoms with Gasteiger partial charge in [0.25, 0.3) is 0 Å². The molecule has 0 saturated heterocycles. The Labute approximate surface area is 118 Å². The molecule has 0 aliphatic heterocycles. The van der Waals surface area contributed by atoms with E-state index in [2.05, 4.69) is 17.1 Å². The summed E-state index contributed by atoms with van der Waals surface area (Å²) in [5.74, 6) is 0. The molecular formula is C16H14N4. The minimum atomic E-state index is 0.417. The topological polar surface area (TPSA) is 63.7 Å². The molecule has 2 rings (SSSR count). The van der Waals surface area contributed by atoms with Gasteiger partial charge in [0.2, 0.25) is 0 Å². The fourth-order valence-electron chi connectivity index (χ4n) is 2.03. The Morgan fingerprint density at radius 3 is 2.65 bits per heavy atom. The molecule has 0 atom stereocenters. The van der Waals surface area contributed by atoms with Crippen LogP contribution in [0.25, 0.3) is 0 Å². The minimum Gasteiger partial charge on any atom is -0.365 e. The molecule has 98 valence electrons. The van der Waals surface area contributed by atoms with Gasteiger partial charge in [0.1, 0.15) is 6.07 Å². The van der Waals surface area contributed by atoms with E-state index in [1.807, 2.05) is 35.2 Å². The summed E-state index contributed by atoms with van der Waals surface area (Å²) >= 11 is 0. The van der Waals surface area contributed by atoms with Crippen LogP contribution in [0.2, 0.25) is 0 Å². The highest BCUT2D eigenvalue weighted by Gasteiger charge is 2.11. The van der Waals surface area contributed by atoms with E-state index in [1.54, 1.807) is 18.5 Å². The highest BCUT2D eigenvalue weighted by molar-refractivity contribution is 5.59. The number of benzene rings is 1. The predicted octanol–water partition coefficient (Wildman–Crippen LogP) is 2.87. The highest BCUT2D eigenvalue weighted by Crippen LogP contribution is 2.21. The molecule has 20 heavy (non-hydrogen) atoms. The second kappa shape index (κ2) is 6.92. The molecule has 0 N–H and O–H groups in total. The second-order valence-corrected chi connectivity index (χ2v) is 4.32. The monoisotopic (exact) mass is 262 g/mol. The van der Waals surface area contributed by atoms with Crippen molar-refractivity contribution in [3.05, 3.63) is 59.9 Å². The summed E-state index contributed by atoms with van der Waals surface area (Å²) in [5, 5.41) is 18.0. The number of anilines is 1. The second-order valence-electron chi connectivity index (χ2n) is 4.32. The summed E-state index contributed by atoms with van der Waals surface area (Å²) in [7, 11) is 0. The minimum absolute atomic E-state index is 0.417.